The molecule has 0 saturated heterocycles. The fourth-order valence-corrected chi connectivity index (χ4v) is 6.00. The second kappa shape index (κ2) is 29.1. The Bertz CT molecular complexity index is 791. The fraction of sp³-hybridized carbons (Fsp3) is 0.917. The normalized spacial score (nSPS) is 15.6. The molecule has 0 aliphatic rings. The molecule has 0 spiro atoms. The lowest BCUT2D eigenvalue weighted by Crippen LogP contribution is -2.51. The predicted octanol–water partition coefficient (Wildman–Crippen LogP) is 8.21. The number of quaternary nitrogens is 1. The molecule has 0 bridgehead atoms. The quantitative estimate of drug-likeness (QED) is 0.0239. The summed E-state index contributed by atoms with van der Waals surface area (Å²) in [4.78, 5) is 23.0. The fourth-order valence-electron chi connectivity index (χ4n) is 5.26. The number of nitrogens with zero attached hydrogens (tertiary/aromatic N) is 1. The van der Waals surface area contributed by atoms with Crippen LogP contribution in [0.15, 0.2) is 12.2 Å². The zero-order chi connectivity index (χ0) is 34.5. The van der Waals surface area contributed by atoms with E-state index in [4.69, 9.17) is 9.05 Å². The molecule has 0 fully saturated rings. The van der Waals surface area contributed by atoms with Crippen LogP contribution in [-0.2, 0) is 18.4 Å². The highest BCUT2D eigenvalue weighted by Gasteiger charge is 2.31. The molecule has 0 radical (unpaired) electrons. The third-order valence-electron chi connectivity index (χ3n) is 8.34. The van der Waals surface area contributed by atoms with Crippen LogP contribution in [0.4, 0.5) is 0 Å². The number of hydrogen-bond donors (Lipinski definition) is 4. The number of aliphatic hydroxyl groups excluding tert-OH is 2. The Labute approximate surface area is 283 Å². The van der Waals surface area contributed by atoms with Crippen molar-refractivity contribution in [3.05, 3.63) is 12.2 Å². The molecule has 0 heterocycles. The molecule has 274 valence electrons. The lowest BCUT2D eigenvalue weighted by atomic mass is 9.99. The molecule has 0 aliphatic carbocycles. The highest BCUT2D eigenvalue weighted by atomic mass is 31.2. The van der Waals surface area contributed by atoms with Gasteiger partial charge in [0.2, 0.25) is 5.91 Å². The van der Waals surface area contributed by atoms with Gasteiger partial charge in [-0.3, -0.25) is 13.8 Å². The van der Waals surface area contributed by atoms with E-state index < -0.39 is 32.7 Å². The standard InChI is InChI=1S/C36H73N2O7P/c1-6-8-10-12-14-16-18-19-20-22-24-26-28-34(39)36(41)33(32-45-46(42,43)44-31-30-38(3,4)5)37-35(40)29-27-25-23-21-17-15-13-11-9-7-2/h11,13,33-34,36,39,41H,6-10,12,14-32H2,1-5H3,(H-,37,40,42,43)/p+1/b13-11-. The summed E-state index contributed by atoms with van der Waals surface area (Å²) < 4.78 is 23.3. The van der Waals surface area contributed by atoms with E-state index in [9.17, 15) is 24.5 Å². The van der Waals surface area contributed by atoms with Crippen LogP contribution in [0.2, 0.25) is 0 Å². The van der Waals surface area contributed by atoms with E-state index >= 15 is 0 Å². The number of unbranched alkanes of at least 4 members (excludes halogenated alkanes) is 17. The average molecular weight is 678 g/mol. The molecule has 4 atom stereocenters. The molecule has 0 aromatic heterocycles. The Morgan fingerprint density at radius 1 is 0.739 bits per heavy atom. The summed E-state index contributed by atoms with van der Waals surface area (Å²) >= 11 is 0. The predicted molar refractivity (Wildman–Crippen MR) is 191 cm³/mol. The maximum Gasteiger partial charge on any atom is 0.472 e. The zero-order valence-corrected chi connectivity index (χ0v) is 31.3. The van der Waals surface area contributed by atoms with E-state index in [1.165, 1.54) is 64.2 Å². The molecule has 4 N–H and O–H groups in total. The Hall–Kier alpha value is -0.800. The average Bonchev–Trinajstić information content (AvgIpc) is 2.99. The first-order chi connectivity index (χ1) is 21.9. The van der Waals surface area contributed by atoms with Crippen molar-refractivity contribution in [2.45, 2.75) is 173 Å². The molecular formula is C36H74N2O7P+. The lowest BCUT2D eigenvalue weighted by molar-refractivity contribution is -0.870. The van der Waals surface area contributed by atoms with Gasteiger partial charge in [0.25, 0.3) is 0 Å². The molecule has 1 amide bonds. The number of nitrogens with one attached hydrogen (secondary N) is 1. The highest BCUT2D eigenvalue weighted by Crippen LogP contribution is 2.43. The van der Waals surface area contributed by atoms with Crippen molar-refractivity contribution in [3.8, 4) is 0 Å². The van der Waals surface area contributed by atoms with Gasteiger partial charge in [-0.1, -0.05) is 129 Å². The third-order valence-corrected chi connectivity index (χ3v) is 9.32. The van der Waals surface area contributed by atoms with Crippen molar-refractivity contribution in [3.63, 3.8) is 0 Å². The molecule has 0 rings (SSSR count). The summed E-state index contributed by atoms with van der Waals surface area (Å²) in [7, 11) is 1.43. The van der Waals surface area contributed by atoms with Crippen molar-refractivity contribution >= 4 is 13.7 Å². The molecule has 0 aliphatic heterocycles. The van der Waals surface area contributed by atoms with E-state index in [-0.39, 0.29) is 18.9 Å². The Balaban J connectivity index is 4.65. The molecule has 46 heavy (non-hydrogen) atoms. The van der Waals surface area contributed by atoms with Crippen molar-refractivity contribution in [2.24, 2.45) is 0 Å². The second-order valence-electron chi connectivity index (χ2n) is 14.1. The maximum absolute atomic E-state index is 12.8. The number of phosphoric acid groups is 1. The molecule has 0 saturated carbocycles. The molecule has 9 nitrogen and oxygen atoms in total. The number of amides is 1. The zero-order valence-electron chi connectivity index (χ0n) is 30.4. The summed E-state index contributed by atoms with van der Waals surface area (Å²) in [6.45, 7) is 4.50. The Morgan fingerprint density at radius 2 is 1.26 bits per heavy atom. The van der Waals surface area contributed by atoms with E-state index in [2.05, 4.69) is 31.3 Å². The van der Waals surface area contributed by atoms with Gasteiger partial charge >= 0.3 is 7.82 Å². The van der Waals surface area contributed by atoms with Crippen LogP contribution in [-0.4, -0.2) is 84.6 Å². The van der Waals surface area contributed by atoms with E-state index in [0.717, 1.165) is 64.2 Å². The monoisotopic (exact) mass is 678 g/mol. The lowest BCUT2D eigenvalue weighted by Gasteiger charge is -2.28. The topological polar surface area (TPSA) is 125 Å². The number of hydrogen-bond acceptors (Lipinski definition) is 6. The largest absolute Gasteiger partial charge is 0.472 e. The van der Waals surface area contributed by atoms with Gasteiger partial charge in [0.05, 0.1) is 39.9 Å². The maximum atomic E-state index is 12.8. The van der Waals surface area contributed by atoms with Gasteiger partial charge < -0.3 is 24.9 Å². The molecule has 10 heteroatoms. The van der Waals surface area contributed by atoms with E-state index in [1.807, 2.05) is 21.1 Å². The first kappa shape index (κ1) is 45.2. The van der Waals surface area contributed by atoms with Crippen molar-refractivity contribution in [2.75, 3.05) is 40.9 Å². The van der Waals surface area contributed by atoms with Crippen LogP contribution in [0.5, 0.6) is 0 Å². The third kappa shape index (κ3) is 29.3. The molecule has 4 unspecified atom stereocenters. The molecule has 0 aromatic rings. The van der Waals surface area contributed by atoms with Crippen LogP contribution in [0.25, 0.3) is 0 Å². The summed E-state index contributed by atoms with van der Waals surface area (Å²) in [5.41, 5.74) is 0. The van der Waals surface area contributed by atoms with Gasteiger partial charge in [0, 0.05) is 6.42 Å². The molecule has 0 aromatic carbocycles. The highest BCUT2D eigenvalue weighted by molar-refractivity contribution is 7.47. The van der Waals surface area contributed by atoms with Crippen LogP contribution < -0.4 is 5.32 Å². The van der Waals surface area contributed by atoms with Crippen molar-refractivity contribution < 1.29 is 38.0 Å². The van der Waals surface area contributed by atoms with Gasteiger partial charge in [-0.05, 0) is 32.1 Å². The van der Waals surface area contributed by atoms with Gasteiger partial charge in [-0.2, -0.15) is 0 Å². The van der Waals surface area contributed by atoms with Crippen molar-refractivity contribution in [1.29, 1.82) is 0 Å². The van der Waals surface area contributed by atoms with E-state index in [0.29, 0.717) is 17.4 Å². The van der Waals surface area contributed by atoms with Gasteiger partial charge in [-0.15, -0.1) is 0 Å². The van der Waals surface area contributed by atoms with Crippen LogP contribution in [0.1, 0.15) is 155 Å². The van der Waals surface area contributed by atoms with E-state index in [1.54, 1.807) is 0 Å². The van der Waals surface area contributed by atoms with Crippen LogP contribution >= 0.6 is 7.82 Å². The van der Waals surface area contributed by atoms with Gasteiger partial charge in [0.15, 0.2) is 0 Å². The van der Waals surface area contributed by atoms with Crippen molar-refractivity contribution in [1.82, 2.24) is 5.32 Å². The summed E-state index contributed by atoms with van der Waals surface area (Å²) in [6.07, 6.45) is 25.6. The number of rotatable bonds is 33. The number of allylic oxidation sites excluding steroid dienone is 2. The minimum atomic E-state index is -4.40. The number of phosphoric ester groups is 1. The number of carbonyl (C=O) groups is 1. The SMILES string of the molecule is CCC/C=C\CCCCCCCC(=O)NC(COP(=O)(O)OCC[N+](C)(C)C)C(O)C(O)CCCCCCCCCCCCCC. The minimum absolute atomic E-state index is 0.0213. The number of aliphatic hydroxyl groups is 2. The Kier molecular flexibility index (Phi) is 28.6. The van der Waals surface area contributed by atoms with Gasteiger partial charge in [-0.25, -0.2) is 4.57 Å². The smallest absolute Gasteiger partial charge is 0.390 e. The second-order valence-corrected chi connectivity index (χ2v) is 15.5. The molecular weight excluding hydrogens is 603 g/mol. The minimum Gasteiger partial charge on any atom is -0.390 e. The summed E-state index contributed by atoms with van der Waals surface area (Å²) in [5.74, 6) is -0.272. The number of likely N-dealkylation sites (N-methyl/N-ethyl adjacent to an activating group) is 1. The van der Waals surface area contributed by atoms with Crippen LogP contribution in [0.3, 0.4) is 0 Å². The summed E-state index contributed by atoms with van der Waals surface area (Å²) in [6, 6.07) is -1.03. The van der Waals surface area contributed by atoms with Gasteiger partial charge in [0.1, 0.15) is 19.3 Å². The first-order valence-corrected chi connectivity index (χ1v) is 20.1. The number of carbonyl (C=O) groups excluding carboxylic acids is 1. The summed E-state index contributed by atoms with van der Waals surface area (Å²) in [5, 5.41) is 24.5. The first-order valence-electron chi connectivity index (χ1n) is 18.6. The van der Waals surface area contributed by atoms with Crippen LogP contribution in [0, 0.1) is 0 Å². The Morgan fingerprint density at radius 3 is 1.83 bits per heavy atom.